The van der Waals surface area contributed by atoms with Crippen LogP contribution >= 0.6 is 11.8 Å². The van der Waals surface area contributed by atoms with Crippen LogP contribution in [0.4, 0.5) is 11.8 Å². The summed E-state index contributed by atoms with van der Waals surface area (Å²) in [5.74, 6) is 2.41. The van der Waals surface area contributed by atoms with Crippen molar-refractivity contribution in [1.82, 2.24) is 15.3 Å². The van der Waals surface area contributed by atoms with Crippen LogP contribution in [0.2, 0.25) is 0 Å². The molecule has 1 amide bonds. The lowest BCUT2D eigenvalue weighted by atomic mass is 9.91. The first-order valence-corrected chi connectivity index (χ1v) is 12.4. The van der Waals surface area contributed by atoms with E-state index >= 15 is 0 Å². The van der Waals surface area contributed by atoms with Gasteiger partial charge in [-0.05, 0) is 63.5 Å². The van der Waals surface area contributed by atoms with Gasteiger partial charge < -0.3 is 15.5 Å². The minimum Gasteiger partial charge on any atom is -0.362 e. The number of fused-ring (bicyclic) bond motifs is 1. The lowest BCUT2D eigenvalue weighted by Crippen LogP contribution is -2.41. The lowest BCUT2D eigenvalue weighted by Gasteiger charge is -2.30. The highest BCUT2D eigenvalue weighted by Crippen LogP contribution is 2.29. The predicted octanol–water partition coefficient (Wildman–Crippen LogP) is 4.05. The van der Waals surface area contributed by atoms with E-state index in [-0.39, 0.29) is 11.9 Å². The average molecular weight is 440 g/mol. The van der Waals surface area contributed by atoms with E-state index in [4.69, 9.17) is 9.97 Å². The number of benzene rings is 1. The molecule has 1 fully saturated rings. The zero-order valence-electron chi connectivity index (χ0n) is 18.6. The Labute approximate surface area is 189 Å². The molecule has 4 rings (SSSR count). The molecule has 2 N–H and O–H groups in total. The van der Waals surface area contributed by atoms with Crippen LogP contribution in [0.1, 0.15) is 49.8 Å². The Bertz CT molecular complexity index is 881. The summed E-state index contributed by atoms with van der Waals surface area (Å²) >= 11 is 1.59. The van der Waals surface area contributed by atoms with E-state index in [1.54, 1.807) is 11.8 Å². The molecule has 2 aliphatic carbocycles. The van der Waals surface area contributed by atoms with Gasteiger partial charge in [0.1, 0.15) is 5.82 Å². The maximum absolute atomic E-state index is 12.3. The number of amides is 1. The Kier molecular flexibility index (Phi) is 7.33. The first kappa shape index (κ1) is 21.9. The average Bonchev–Trinajstić information content (AvgIpc) is 2.79. The van der Waals surface area contributed by atoms with Gasteiger partial charge in [0, 0.05) is 36.6 Å². The van der Waals surface area contributed by atoms with Crippen molar-refractivity contribution >= 4 is 29.4 Å². The number of rotatable bonds is 7. The van der Waals surface area contributed by atoms with Gasteiger partial charge in [-0.3, -0.25) is 4.79 Å². The van der Waals surface area contributed by atoms with E-state index in [2.05, 4.69) is 29.6 Å². The molecule has 0 saturated heterocycles. The highest BCUT2D eigenvalue weighted by molar-refractivity contribution is 8.00. The summed E-state index contributed by atoms with van der Waals surface area (Å²) in [6.45, 7) is 0. The molecule has 0 bridgehead atoms. The van der Waals surface area contributed by atoms with Gasteiger partial charge in [-0.25, -0.2) is 4.98 Å². The third kappa shape index (κ3) is 5.91. The van der Waals surface area contributed by atoms with E-state index in [1.807, 2.05) is 30.3 Å². The van der Waals surface area contributed by atoms with Gasteiger partial charge in [0.2, 0.25) is 11.9 Å². The second-order valence-electron chi connectivity index (χ2n) is 8.76. The topological polar surface area (TPSA) is 70.2 Å². The molecule has 0 unspecified atom stereocenters. The van der Waals surface area contributed by atoms with Crippen molar-refractivity contribution in [3.05, 3.63) is 41.6 Å². The van der Waals surface area contributed by atoms with Gasteiger partial charge in [0.05, 0.1) is 11.4 Å². The van der Waals surface area contributed by atoms with Crippen molar-refractivity contribution in [3.63, 3.8) is 0 Å². The second-order valence-corrected chi connectivity index (χ2v) is 9.81. The quantitative estimate of drug-likeness (QED) is 0.634. The zero-order chi connectivity index (χ0) is 21.6. The highest BCUT2D eigenvalue weighted by Gasteiger charge is 2.24. The number of hydrogen-bond acceptors (Lipinski definition) is 6. The maximum atomic E-state index is 12.3. The first-order chi connectivity index (χ1) is 15.1. The molecule has 2 aliphatic rings. The second kappa shape index (κ2) is 10.4. The maximum Gasteiger partial charge on any atom is 0.230 e. The van der Waals surface area contributed by atoms with Crippen molar-refractivity contribution < 1.29 is 4.79 Å². The molecule has 7 heteroatoms. The zero-order valence-corrected chi connectivity index (χ0v) is 19.4. The summed E-state index contributed by atoms with van der Waals surface area (Å²) in [5, 5.41) is 6.79. The minimum atomic E-state index is 0.124. The fourth-order valence-corrected chi connectivity index (χ4v) is 5.24. The van der Waals surface area contributed by atoms with Crippen molar-refractivity contribution in [3.8, 4) is 0 Å². The number of thioether (sulfide) groups is 1. The molecule has 0 spiro atoms. The number of carbonyl (C=O) groups is 1. The minimum absolute atomic E-state index is 0.124. The van der Waals surface area contributed by atoms with Gasteiger partial charge in [0.15, 0.2) is 0 Å². The van der Waals surface area contributed by atoms with E-state index < -0.39 is 0 Å². The number of aromatic nitrogens is 2. The molecule has 6 nitrogen and oxygen atoms in total. The molecule has 2 aromatic rings. The normalized spacial score (nSPS) is 20.6. The fourth-order valence-electron chi connectivity index (χ4n) is 4.51. The van der Waals surface area contributed by atoms with Gasteiger partial charge in [-0.1, -0.05) is 18.2 Å². The van der Waals surface area contributed by atoms with Crippen LogP contribution in [0.25, 0.3) is 0 Å². The van der Waals surface area contributed by atoms with Gasteiger partial charge in [-0.15, -0.1) is 11.8 Å². The summed E-state index contributed by atoms with van der Waals surface area (Å²) in [4.78, 5) is 25.2. The van der Waals surface area contributed by atoms with Crippen molar-refractivity contribution in [1.29, 1.82) is 0 Å². The smallest absolute Gasteiger partial charge is 0.230 e. The Hall–Kier alpha value is -2.28. The number of nitrogens with zero attached hydrogens (tertiary/aromatic N) is 3. The number of aryl methyl sites for hydroxylation is 1. The Balaban J connectivity index is 1.26. The summed E-state index contributed by atoms with van der Waals surface area (Å²) in [7, 11) is 4.12. The van der Waals surface area contributed by atoms with Gasteiger partial charge in [0.25, 0.3) is 0 Å². The largest absolute Gasteiger partial charge is 0.362 e. The molecule has 0 atom stereocenters. The molecule has 1 saturated carbocycles. The highest BCUT2D eigenvalue weighted by atomic mass is 32.2. The Morgan fingerprint density at radius 2 is 1.74 bits per heavy atom. The van der Waals surface area contributed by atoms with Crippen molar-refractivity contribution in [2.75, 3.05) is 30.1 Å². The number of nitrogens with one attached hydrogen (secondary N) is 2. The molecular weight excluding hydrogens is 406 g/mol. The van der Waals surface area contributed by atoms with Crippen molar-refractivity contribution in [2.45, 2.75) is 68.3 Å². The molecule has 0 aliphatic heterocycles. The SMILES string of the molecule is CN(C)c1nc(NC2CCC(NC(=O)CSc3ccccc3)CC2)nc2c1CCCC2. The summed E-state index contributed by atoms with van der Waals surface area (Å²) in [6.07, 6.45) is 8.59. The molecular formula is C24H33N5OS. The summed E-state index contributed by atoms with van der Waals surface area (Å²) in [5.41, 5.74) is 2.53. The van der Waals surface area contributed by atoms with E-state index in [9.17, 15) is 4.79 Å². The molecule has 166 valence electrons. The molecule has 0 radical (unpaired) electrons. The summed E-state index contributed by atoms with van der Waals surface area (Å²) < 4.78 is 0. The first-order valence-electron chi connectivity index (χ1n) is 11.4. The number of anilines is 2. The standard InChI is InChI=1S/C24H33N5OS/c1-29(2)23-20-10-6-7-11-21(20)27-24(28-23)26-18-14-12-17(13-15-18)25-22(30)16-31-19-8-4-3-5-9-19/h3-5,8-9,17-18H,6-7,10-16H2,1-2H3,(H,25,30)(H,26,27,28). The van der Waals surface area contributed by atoms with E-state index in [0.29, 0.717) is 11.8 Å². The van der Waals surface area contributed by atoms with Crippen molar-refractivity contribution in [2.24, 2.45) is 0 Å². The van der Waals surface area contributed by atoms with Gasteiger partial charge >= 0.3 is 0 Å². The van der Waals surface area contributed by atoms with Crippen LogP contribution in [0.15, 0.2) is 35.2 Å². The molecule has 31 heavy (non-hydrogen) atoms. The molecule has 1 heterocycles. The monoisotopic (exact) mass is 439 g/mol. The molecule has 1 aromatic carbocycles. The van der Waals surface area contributed by atoms with Crippen LogP contribution in [0.5, 0.6) is 0 Å². The number of hydrogen-bond donors (Lipinski definition) is 2. The molecule has 1 aromatic heterocycles. The van der Waals surface area contributed by atoms with Crippen LogP contribution in [0, 0.1) is 0 Å². The predicted molar refractivity (Wildman–Crippen MR) is 128 cm³/mol. The Morgan fingerprint density at radius 3 is 2.48 bits per heavy atom. The van der Waals surface area contributed by atoms with Crippen LogP contribution in [0.3, 0.4) is 0 Å². The van der Waals surface area contributed by atoms with Crippen LogP contribution in [-0.4, -0.2) is 47.8 Å². The fraction of sp³-hybridized carbons (Fsp3) is 0.542. The third-order valence-corrected chi connectivity index (χ3v) is 7.14. The van der Waals surface area contributed by atoms with Crippen LogP contribution < -0.4 is 15.5 Å². The summed E-state index contributed by atoms with van der Waals surface area (Å²) in [6, 6.07) is 10.7. The lowest BCUT2D eigenvalue weighted by molar-refractivity contribution is -0.119. The third-order valence-electron chi connectivity index (χ3n) is 6.12. The van der Waals surface area contributed by atoms with Crippen LogP contribution in [-0.2, 0) is 17.6 Å². The van der Waals surface area contributed by atoms with Gasteiger partial charge in [-0.2, -0.15) is 4.98 Å². The van der Waals surface area contributed by atoms with E-state index in [1.165, 1.54) is 24.1 Å². The number of carbonyl (C=O) groups excluding carboxylic acids is 1. The van der Waals surface area contributed by atoms with E-state index in [0.717, 1.165) is 55.2 Å². The Morgan fingerprint density at radius 1 is 1.03 bits per heavy atom.